The molecule has 0 unspecified atom stereocenters. The minimum atomic E-state index is -4.33. The second-order valence-corrected chi connectivity index (χ2v) is 3.94. The summed E-state index contributed by atoms with van der Waals surface area (Å²) in [6.07, 6.45) is -4.33. The van der Waals surface area contributed by atoms with Crippen molar-refractivity contribution in [2.24, 2.45) is 5.73 Å². The second-order valence-electron chi connectivity index (χ2n) is 3.94. The molecule has 0 aliphatic heterocycles. The average Bonchev–Trinajstić information content (AvgIpc) is 2.38. The van der Waals surface area contributed by atoms with Crippen molar-refractivity contribution < 1.29 is 13.2 Å². The number of nitrogens with two attached hydrogens (primary N) is 1. The fourth-order valence-corrected chi connectivity index (χ4v) is 1.84. The summed E-state index contributed by atoms with van der Waals surface area (Å²) in [6, 6.07) is 12.9. The normalized spacial score (nSPS) is 11.6. The van der Waals surface area contributed by atoms with Crippen molar-refractivity contribution in [2.75, 3.05) is 0 Å². The zero-order chi connectivity index (χ0) is 13.2. The molecule has 1 nitrogen and oxygen atoms in total. The van der Waals surface area contributed by atoms with Gasteiger partial charge in [0.1, 0.15) is 0 Å². The molecule has 2 rings (SSSR count). The SMILES string of the molecule is NCc1cc(C(F)(F)F)ccc1-c1ccccc1. The van der Waals surface area contributed by atoms with E-state index in [0.29, 0.717) is 5.56 Å². The molecular formula is C14H12F3N. The van der Waals surface area contributed by atoms with E-state index in [4.69, 9.17) is 5.73 Å². The van der Waals surface area contributed by atoms with E-state index in [9.17, 15) is 13.2 Å². The van der Waals surface area contributed by atoms with Crippen molar-refractivity contribution in [3.8, 4) is 11.1 Å². The van der Waals surface area contributed by atoms with Gasteiger partial charge in [-0.1, -0.05) is 36.4 Å². The molecule has 0 aromatic heterocycles. The van der Waals surface area contributed by atoms with Crippen LogP contribution in [0.5, 0.6) is 0 Å². The average molecular weight is 251 g/mol. The molecule has 0 saturated heterocycles. The Morgan fingerprint density at radius 1 is 0.944 bits per heavy atom. The lowest BCUT2D eigenvalue weighted by atomic mass is 9.97. The predicted octanol–water partition coefficient (Wildman–Crippen LogP) is 3.83. The zero-order valence-corrected chi connectivity index (χ0v) is 9.54. The van der Waals surface area contributed by atoms with E-state index in [0.717, 1.165) is 23.3 Å². The maximum atomic E-state index is 12.6. The molecular weight excluding hydrogens is 239 g/mol. The zero-order valence-electron chi connectivity index (χ0n) is 9.54. The van der Waals surface area contributed by atoms with Crippen LogP contribution in [0, 0.1) is 0 Å². The van der Waals surface area contributed by atoms with Crippen molar-refractivity contribution in [1.82, 2.24) is 0 Å². The first-order valence-electron chi connectivity index (χ1n) is 5.48. The van der Waals surface area contributed by atoms with Crippen LogP contribution in [0.2, 0.25) is 0 Å². The Morgan fingerprint density at radius 2 is 1.61 bits per heavy atom. The van der Waals surface area contributed by atoms with Crippen molar-refractivity contribution in [3.63, 3.8) is 0 Å². The maximum Gasteiger partial charge on any atom is 0.416 e. The largest absolute Gasteiger partial charge is 0.416 e. The first kappa shape index (κ1) is 12.6. The van der Waals surface area contributed by atoms with Crippen LogP contribution in [0.15, 0.2) is 48.5 Å². The lowest BCUT2D eigenvalue weighted by molar-refractivity contribution is -0.137. The van der Waals surface area contributed by atoms with E-state index in [1.54, 1.807) is 0 Å². The van der Waals surface area contributed by atoms with E-state index in [1.165, 1.54) is 6.07 Å². The van der Waals surface area contributed by atoms with Gasteiger partial charge in [0, 0.05) is 6.54 Å². The quantitative estimate of drug-likeness (QED) is 0.862. The molecule has 0 heterocycles. The summed E-state index contributed by atoms with van der Waals surface area (Å²) < 4.78 is 37.8. The van der Waals surface area contributed by atoms with Gasteiger partial charge in [-0.15, -0.1) is 0 Å². The van der Waals surface area contributed by atoms with Gasteiger partial charge in [-0.3, -0.25) is 0 Å². The standard InChI is InChI=1S/C14H12F3N/c15-14(16,17)12-6-7-13(11(8-12)9-18)10-4-2-1-3-5-10/h1-8H,9,18H2. The number of alkyl halides is 3. The van der Waals surface area contributed by atoms with Crippen molar-refractivity contribution >= 4 is 0 Å². The minimum Gasteiger partial charge on any atom is -0.326 e. The van der Waals surface area contributed by atoms with Crippen LogP contribution < -0.4 is 5.73 Å². The third kappa shape index (κ3) is 2.54. The molecule has 0 amide bonds. The van der Waals surface area contributed by atoms with Crippen LogP contribution >= 0.6 is 0 Å². The number of hydrogen-bond acceptors (Lipinski definition) is 1. The van der Waals surface area contributed by atoms with Gasteiger partial charge in [0.15, 0.2) is 0 Å². The summed E-state index contributed by atoms with van der Waals surface area (Å²) in [7, 11) is 0. The Bertz CT molecular complexity index is 532. The molecule has 0 bridgehead atoms. The highest BCUT2D eigenvalue weighted by molar-refractivity contribution is 5.67. The second kappa shape index (κ2) is 4.82. The van der Waals surface area contributed by atoms with Crippen LogP contribution in [0.25, 0.3) is 11.1 Å². The van der Waals surface area contributed by atoms with Crippen molar-refractivity contribution in [3.05, 3.63) is 59.7 Å². The van der Waals surface area contributed by atoms with Crippen LogP contribution in [0.4, 0.5) is 13.2 Å². The molecule has 0 aliphatic carbocycles. The van der Waals surface area contributed by atoms with E-state index in [2.05, 4.69) is 0 Å². The Kier molecular flexibility index (Phi) is 3.39. The van der Waals surface area contributed by atoms with Gasteiger partial charge in [0.25, 0.3) is 0 Å². The van der Waals surface area contributed by atoms with Crippen LogP contribution in [0.3, 0.4) is 0 Å². The summed E-state index contributed by atoms with van der Waals surface area (Å²) in [4.78, 5) is 0. The molecule has 0 fully saturated rings. The Hall–Kier alpha value is -1.81. The lowest BCUT2D eigenvalue weighted by Gasteiger charge is -2.12. The highest BCUT2D eigenvalue weighted by atomic mass is 19.4. The monoisotopic (exact) mass is 251 g/mol. The molecule has 0 radical (unpaired) electrons. The highest BCUT2D eigenvalue weighted by Gasteiger charge is 2.30. The Morgan fingerprint density at radius 3 is 2.17 bits per heavy atom. The third-order valence-corrected chi connectivity index (χ3v) is 2.74. The third-order valence-electron chi connectivity index (χ3n) is 2.74. The molecule has 0 spiro atoms. The molecule has 2 aromatic carbocycles. The summed E-state index contributed by atoms with van der Waals surface area (Å²) in [5.41, 5.74) is 6.97. The highest BCUT2D eigenvalue weighted by Crippen LogP contribution is 2.33. The van der Waals surface area contributed by atoms with Gasteiger partial charge in [-0.05, 0) is 28.8 Å². The van der Waals surface area contributed by atoms with Crippen LogP contribution in [0.1, 0.15) is 11.1 Å². The first-order valence-corrected chi connectivity index (χ1v) is 5.48. The molecule has 2 N–H and O–H groups in total. The van der Waals surface area contributed by atoms with E-state index in [-0.39, 0.29) is 6.54 Å². The number of hydrogen-bond donors (Lipinski definition) is 1. The van der Waals surface area contributed by atoms with E-state index in [1.807, 2.05) is 30.3 Å². The maximum absolute atomic E-state index is 12.6. The Balaban J connectivity index is 2.51. The summed E-state index contributed by atoms with van der Waals surface area (Å²) in [6.45, 7) is 0.0775. The molecule has 0 aliphatic rings. The number of halogens is 3. The van der Waals surface area contributed by atoms with E-state index >= 15 is 0 Å². The summed E-state index contributed by atoms with van der Waals surface area (Å²) >= 11 is 0. The summed E-state index contributed by atoms with van der Waals surface area (Å²) in [5, 5.41) is 0. The topological polar surface area (TPSA) is 26.0 Å². The van der Waals surface area contributed by atoms with Gasteiger partial charge in [0.05, 0.1) is 5.56 Å². The first-order chi connectivity index (χ1) is 8.52. The molecule has 94 valence electrons. The smallest absolute Gasteiger partial charge is 0.326 e. The fraction of sp³-hybridized carbons (Fsp3) is 0.143. The van der Waals surface area contributed by atoms with Gasteiger partial charge in [-0.2, -0.15) is 13.2 Å². The summed E-state index contributed by atoms with van der Waals surface area (Å²) in [5.74, 6) is 0. The van der Waals surface area contributed by atoms with Crippen molar-refractivity contribution in [1.29, 1.82) is 0 Å². The van der Waals surface area contributed by atoms with Crippen molar-refractivity contribution in [2.45, 2.75) is 12.7 Å². The number of rotatable bonds is 2. The Labute approximate surface area is 103 Å². The molecule has 18 heavy (non-hydrogen) atoms. The molecule has 2 aromatic rings. The predicted molar refractivity (Wildman–Crippen MR) is 64.8 cm³/mol. The van der Waals surface area contributed by atoms with Gasteiger partial charge >= 0.3 is 6.18 Å². The van der Waals surface area contributed by atoms with Gasteiger partial charge in [0.2, 0.25) is 0 Å². The molecule has 4 heteroatoms. The molecule has 0 saturated carbocycles. The van der Waals surface area contributed by atoms with E-state index < -0.39 is 11.7 Å². The minimum absolute atomic E-state index is 0.0775. The fourth-order valence-electron chi connectivity index (χ4n) is 1.84. The molecule has 0 atom stereocenters. The van der Waals surface area contributed by atoms with Gasteiger partial charge in [-0.25, -0.2) is 0 Å². The van der Waals surface area contributed by atoms with Gasteiger partial charge < -0.3 is 5.73 Å². The van der Waals surface area contributed by atoms with Crippen LogP contribution in [-0.2, 0) is 12.7 Å². The number of benzene rings is 2. The van der Waals surface area contributed by atoms with Crippen LogP contribution in [-0.4, -0.2) is 0 Å². The lowest BCUT2D eigenvalue weighted by Crippen LogP contribution is -2.08.